The third-order valence-electron chi connectivity index (χ3n) is 1.25. The van der Waals surface area contributed by atoms with Crippen molar-refractivity contribution in [3.63, 3.8) is 0 Å². The van der Waals surface area contributed by atoms with Crippen molar-refractivity contribution in [2.45, 2.75) is 20.3 Å². The Morgan fingerprint density at radius 2 is 2.14 bits per heavy atom. The minimum atomic E-state index is 0.838. The van der Waals surface area contributed by atoms with E-state index in [1.165, 1.54) is 6.42 Å². The lowest BCUT2D eigenvalue weighted by molar-refractivity contribution is 0.528. The average molecular weight is 101 g/mol. The van der Waals surface area contributed by atoms with Gasteiger partial charge >= 0.3 is 0 Å². The minimum absolute atomic E-state index is 0.838. The highest BCUT2D eigenvalue weighted by molar-refractivity contribution is 4.49. The van der Waals surface area contributed by atoms with Gasteiger partial charge in [-0.2, -0.15) is 0 Å². The summed E-state index contributed by atoms with van der Waals surface area (Å²) < 4.78 is 0. The van der Waals surface area contributed by atoms with Gasteiger partial charge in [-0.1, -0.05) is 20.3 Å². The monoisotopic (exact) mass is 101 g/mol. The molecule has 0 rings (SSSR count). The number of nitrogens with one attached hydrogen (secondary N) is 1. The van der Waals surface area contributed by atoms with E-state index in [1.54, 1.807) is 0 Å². The van der Waals surface area contributed by atoms with Crippen LogP contribution in [-0.2, 0) is 0 Å². The third-order valence-corrected chi connectivity index (χ3v) is 1.25. The maximum Gasteiger partial charge on any atom is -0.00263 e. The van der Waals surface area contributed by atoms with Crippen LogP contribution in [0.4, 0.5) is 0 Å². The second-order valence-electron chi connectivity index (χ2n) is 2.07. The van der Waals surface area contributed by atoms with E-state index < -0.39 is 0 Å². The Kier molecular flexibility index (Phi) is 4.10. The Morgan fingerprint density at radius 3 is 2.29 bits per heavy atom. The van der Waals surface area contributed by atoms with E-state index in [-0.39, 0.29) is 0 Å². The van der Waals surface area contributed by atoms with Crippen LogP contribution in [0.5, 0.6) is 0 Å². The zero-order valence-corrected chi connectivity index (χ0v) is 5.49. The van der Waals surface area contributed by atoms with Crippen molar-refractivity contribution in [3.05, 3.63) is 0 Å². The number of rotatable bonds is 3. The highest BCUT2D eigenvalue weighted by atomic mass is 14.8. The standard InChI is InChI=1S/C6H15N/c1-4-6(2)5-7-3/h6-7H,4-5H2,1-3H3. The Balaban J connectivity index is 2.83. The first-order valence-electron chi connectivity index (χ1n) is 2.95. The van der Waals surface area contributed by atoms with Crippen molar-refractivity contribution >= 4 is 0 Å². The fourth-order valence-corrected chi connectivity index (χ4v) is 0.493. The molecule has 0 aromatic heterocycles. The van der Waals surface area contributed by atoms with Crippen molar-refractivity contribution in [1.82, 2.24) is 5.32 Å². The Labute approximate surface area is 46.1 Å². The first-order valence-corrected chi connectivity index (χ1v) is 2.95. The van der Waals surface area contributed by atoms with Crippen LogP contribution in [0.1, 0.15) is 20.3 Å². The van der Waals surface area contributed by atoms with E-state index in [9.17, 15) is 0 Å². The largest absolute Gasteiger partial charge is 0.319 e. The summed E-state index contributed by atoms with van der Waals surface area (Å²) in [6.45, 7) is 5.61. The zero-order chi connectivity index (χ0) is 5.70. The Morgan fingerprint density at radius 1 is 1.57 bits per heavy atom. The highest BCUT2D eigenvalue weighted by Gasteiger charge is 1.91. The van der Waals surface area contributed by atoms with Gasteiger partial charge in [0.25, 0.3) is 0 Å². The van der Waals surface area contributed by atoms with Crippen molar-refractivity contribution in [1.29, 1.82) is 0 Å². The summed E-state index contributed by atoms with van der Waals surface area (Å²) in [5, 5.41) is 3.12. The molecule has 0 aliphatic carbocycles. The molecule has 0 aromatic rings. The maximum atomic E-state index is 3.12. The molecule has 1 N–H and O–H groups in total. The predicted molar refractivity (Wildman–Crippen MR) is 33.4 cm³/mol. The summed E-state index contributed by atoms with van der Waals surface area (Å²) in [4.78, 5) is 0. The van der Waals surface area contributed by atoms with Crippen LogP contribution in [0.25, 0.3) is 0 Å². The minimum Gasteiger partial charge on any atom is -0.319 e. The van der Waals surface area contributed by atoms with Crippen LogP contribution in [0.2, 0.25) is 0 Å². The summed E-state index contributed by atoms with van der Waals surface area (Å²) in [6, 6.07) is 0. The van der Waals surface area contributed by atoms with Crippen LogP contribution >= 0.6 is 0 Å². The molecule has 0 fully saturated rings. The van der Waals surface area contributed by atoms with E-state index in [4.69, 9.17) is 0 Å². The third kappa shape index (κ3) is 3.80. The molecule has 0 bridgehead atoms. The van der Waals surface area contributed by atoms with Crippen molar-refractivity contribution in [2.24, 2.45) is 5.92 Å². The fourth-order valence-electron chi connectivity index (χ4n) is 0.493. The molecule has 1 nitrogen and oxygen atoms in total. The molecule has 7 heavy (non-hydrogen) atoms. The summed E-state index contributed by atoms with van der Waals surface area (Å²) in [7, 11) is 1.99. The molecular weight excluding hydrogens is 86.1 g/mol. The summed E-state index contributed by atoms with van der Waals surface area (Å²) in [5.41, 5.74) is 0. The molecule has 44 valence electrons. The average Bonchev–Trinajstić information content (AvgIpc) is 1.68. The van der Waals surface area contributed by atoms with Gasteiger partial charge < -0.3 is 5.32 Å². The van der Waals surface area contributed by atoms with Gasteiger partial charge in [0.2, 0.25) is 0 Å². The molecule has 0 heterocycles. The fraction of sp³-hybridized carbons (Fsp3) is 1.00. The Bertz CT molecular complexity index is 35.2. The van der Waals surface area contributed by atoms with Crippen molar-refractivity contribution in [3.8, 4) is 0 Å². The molecular formula is C6H15N. The maximum absolute atomic E-state index is 3.12. The predicted octanol–water partition coefficient (Wildman–Crippen LogP) is 1.25. The smallest absolute Gasteiger partial charge is 0.00263 e. The van der Waals surface area contributed by atoms with Gasteiger partial charge in [-0.15, -0.1) is 0 Å². The molecule has 0 aliphatic heterocycles. The molecule has 0 spiro atoms. The molecule has 1 heteroatoms. The molecule has 0 aromatic carbocycles. The lowest BCUT2D eigenvalue weighted by Crippen LogP contribution is -2.14. The molecule has 1 unspecified atom stereocenters. The molecule has 0 saturated carbocycles. The van der Waals surface area contributed by atoms with E-state index in [1.807, 2.05) is 7.05 Å². The second-order valence-corrected chi connectivity index (χ2v) is 2.07. The number of hydrogen-bond donors (Lipinski definition) is 1. The van der Waals surface area contributed by atoms with E-state index in [0.29, 0.717) is 0 Å². The number of hydrogen-bond acceptors (Lipinski definition) is 1. The molecule has 0 saturated heterocycles. The van der Waals surface area contributed by atoms with Crippen LogP contribution in [0.15, 0.2) is 0 Å². The van der Waals surface area contributed by atoms with E-state index in [0.717, 1.165) is 12.5 Å². The zero-order valence-electron chi connectivity index (χ0n) is 5.49. The van der Waals surface area contributed by atoms with Gasteiger partial charge in [0.05, 0.1) is 0 Å². The van der Waals surface area contributed by atoms with Crippen LogP contribution < -0.4 is 5.32 Å². The van der Waals surface area contributed by atoms with Gasteiger partial charge in [0, 0.05) is 0 Å². The van der Waals surface area contributed by atoms with Crippen LogP contribution in [0, 0.1) is 5.92 Å². The first-order chi connectivity index (χ1) is 3.31. The first kappa shape index (κ1) is 6.96. The molecule has 0 radical (unpaired) electrons. The lowest BCUT2D eigenvalue weighted by Gasteiger charge is -2.04. The highest BCUT2D eigenvalue weighted by Crippen LogP contribution is 1.95. The normalized spacial score (nSPS) is 14.1. The van der Waals surface area contributed by atoms with Crippen molar-refractivity contribution in [2.75, 3.05) is 13.6 Å². The van der Waals surface area contributed by atoms with Crippen LogP contribution in [-0.4, -0.2) is 13.6 Å². The Hall–Kier alpha value is -0.0400. The van der Waals surface area contributed by atoms with Gasteiger partial charge in [-0.25, -0.2) is 0 Å². The summed E-state index contributed by atoms with van der Waals surface area (Å²) in [6.07, 6.45) is 1.28. The molecule has 0 amide bonds. The van der Waals surface area contributed by atoms with Gasteiger partial charge in [0.1, 0.15) is 0 Å². The van der Waals surface area contributed by atoms with Gasteiger partial charge in [-0.3, -0.25) is 0 Å². The lowest BCUT2D eigenvalue weighted by atomic mass is 10.1. The SMILES string of the molecule is CCC(C)CNC. The van der Waals surface area contributed by atoms with Gasteiger partial charge in [-0.05, 0) is 19.5 Å². The van der Waals surface area contributed by atoms with E-state index in [2.05, 4.69) is 19.2 Å². The second kappa shape index (κ2) is 4.13. The topological polar surface area (TPSA) is 12.0 Å². The molecule has 0 aliphatic rings. The summed E-state index contributed by atoms with van der Waals surface area (Å²) >= 11 is 0. The summed E-state index contributed by atoms with van der Waals surface area (Å²) in [5.74, 6) is 0.838. The van der Waals surface area contributed by atoms with Crippen molar-refractivity contribution < 1.29 is 0 Å². The van der Waals surface area contributed by atoms with E-state index >= 15 is 0 Å². The van der Waals surface area contributed by atoms with Crippen LogP contribution in [0.3, 0.4) is 0 Å². The quantitative estimate of drug-likeness (QED) is 0.564. The van der Waals surface area contributed by atoms with Gasteiger partial charge in [0.15, 0.2) is 0 Å². The molecule has 1 atom stereocenters.